The summed E-state index contributed by atoms with van der Waals surface area (Å²) in [5.74, 6) is 1.04. The Bertz CT molecular complexity index is 590. The molecule has 0 saturated carbocycles. The third kappa shape index (κ3) is 2.77. The highest BCUT2D eigenvalue weighted by Gasteiger charge is 2.17. The number of fused-ring (bicyclic) bond motifs is 1. The Morgan fingerprint density at radius 3 is 2.65 bits per heavy atom. The molecule has 0 spiro atoms. The van der Waals surface area contributed by atoms with Crippen LogP contribution in [0.4, 0.5) is 5.69 Å². The van der Waals surface area contributed by atoms with Crippen molar-refractivity contribution in [2.45, 2.75) is 27.2 Å². The van der Waals surface area contributed by atoms with E-state index in [0.717, 1.165) is 44.1 Å². The van der Waals surface area contributed by atoms with Crippen LogP contribution in [-0.4, -0.2) is 40.8 Å². The summed E-state index contributed by atoms with van der Waals surface area (Å²) in [6.07, 6.45) is 3.04. The summed E-state index contributed by atoms with van der Waals surface area (Å²) in [6.45, 7) is 10.9. The second-order valence-electron chi connectivity index (χ2n) is 6.70. The van der Waals surface area contributed by atoms with Gasteiger partial charge in [-0.05, 0) is 11.5 Å². The van der Waals surface area contributed by atoms with Crippen molar-refractivity contribution in [2.75, 3.05) is 31.1 Å². The molecule has 0 aromatic carbocycles. The third-order valence-corrected chi connectivity index (χ3v) is 3.63. The molecular formula is C15H23N5. The van der Waals surface area contributed by atoms with Crippen LogP contribution < -0.4 is 10.2 Å². The minimum Gasteiger partial charge on any atom is -0.369 e. The molecule has 0 aliphatic carbocycles. The topological polar surface area (TPSA) is 45.5 Å². The van der Waals surface area contributed by atoms with Crippen LogP contribution in [0.15, 0.2) is 18.3 Å². The van der Waals surface area contributed by atoms with E-state index < -0.39 is 0 Å². The van der Waals surface area contributed by atoms with E-state index in [1.807, 2.05) is 0 Å². The summed E-state index contributed by atoms with van der Waals surface area (Å²) in [7, 11) is 0. The summed E-state index contributed by atoms with van der Waals surface area (Å²) in [6, 6.07) is 4.32. The molecule has 1 aliphatic rings. The molecule has 0 radical (unpaired) electrons. The highest BCUT2D eigenvalue weighted by molar-refractivity contribution is 5.56. The summed E-state index contributed by atoms with van der Waals surface area (Å²) in [4.78, 5) is 2.40. The zero-order valence-electron chi connectivity index (χ0n) is 12.6. The number of hydrogen-bond donors (Lipinski definition) is 1. The molecule has 1 saturated heterocycles. The van der Waals surface area contributed by atoms with Gasteiger partial charge in [-0.2, -0.15) is 0 Å². The van der Waals surface area contributed by atoms with Crippen molar-refractivity contribution >= 4 is 11.3 Å². The number of aromatic nitrogens is 3. The van der Waals surface area contributed by atoms with Crippen LogP contribution in [0, 0.1) is 5.41 Å². The molecule has 5 nitrogen and oxygen atoms in total. The predicted molar refractivity (Wildman–Crippen MR) is 81.2 cm³/mol. The maximum atomic E-state index is 4.35. The molecular weight excluding hydrogens is 250 g/mol. The van der Waals surface area contributed by atoms with E-state index in [2.05, 4.69) is 63.9 Å². The van der Waals surface area contributed by atoms with Crippen LogP contribution in [0.2, 0.25) is 0 Å². The molecule has 1 N–H and O–H groups in total. The van der Waals surface area contributed by atoms with E-state index in [9.17, 15) is 0 Å². The molecule has 2 aromatic rings. The fourth-order valence-corrected chi connectivity index (χ4v) is 2.64. The van der Waals surface area contributed by atoms with Crippen molar-refractivity contribution < 1.29 is 0 Å². The van der Waals surface area contributed by atoms with E-state index in [-0.39, 0.29) is 5.41 Å². The predicted octanol–water partition coefficient (Wildman–Crippen LogP) is 1.73. The molecule has 3 heterocycles. The van der Waals surface area contributed by atoms with Gasteiger partial charge in [0, 0.05) is 50.6 Å². The van der Waals surface area contributed by atoms with E-state index in [1.54, 1.807) is 0 Å². The number of piperazine rings is 1. The molecule has 1 aliphatic heterocycles. The minimum absolute atomic E-state index is 0.222. The summed E-state index contributed by atoms with van der Waals surface area (Å²) >= 11 is 0. The zero-order valence-corrected chi connectivity index (χ0v) is 12.6. The Labute approximate surface area is 120 Å². The molecule has 20 heavy (non-hydrogen) atoms. The van der Waals surface area contributed by atoms with Gasteiger partial charge in [0.15, 0.2) is 5.65 Å². The van der Waals surface area contributed by atoms with E-state index >= 15 is 0 Å². The van der Waals surface area contributed by atoms with E-state index in [0.29, 0.717) is 0 Å². The van der Waals surface area contributed by atoms with Gasteiger partial charge in [-0.1, -0.05) is 20.8 Å². The standard InChI is InChI=1S/C15H23N5/c1-15(2,3)11-14-18-17-13-10-12(4-7-20(13)14)19-8-5-16-6-9-19/h4,7,10,16H,5-6,8-9,11H2,1-3H3. The first kappa shape index (κ1) is 13.4. The fourth-order valence-electron chi connectivity index (χ4n) is 2.64. The SMILES string of the molecule is CC(C)(C)Cc1nnc2cc(N3CCNCC3)ccn12. The normalized spacial score (nSPS) is 16.9. The molecule has 1 fully saturated rings. The largest absolute Gasteiger partial charge is 0.369 e. The third-order valence-electron chi connectivity index (χ3n) is 3.63. The summed E-state index contributed by atoms with van der Waals surface area (Å²) < 4.78 is 2.11. The van der Waals surface area contributed by atoms with Crippen LogP contribution in [0.25, 0.3) is 5.65 Å². The number of pyridine rings is 1. The first-order valence-corrected chi connectivity index (χ1v) is 7.32. The minimum atomic E-state index is 0.222. The smallest absolute Gasteiger partial charge is 0.162 e. The zero-order chi connectivity index (χ0) is 14.2. The second kappa shape index (κ2) is 5.05. The quantitative estimate of drug-likeness (QED) is 0.905. The van der Waals surface area contributed by atoms with Crippen molar-refractivity contribution in [3.8, 4) is 0 Å². The summed E-state index contributed by atoms with van der Waals surface area (Å²) in [5, 5.41) is 12.1. The molecule has 5 heteroatoms. The van der Waals surface area contributed by atoms with Gasteiger partial charge >= 0.3 is 0 Å². The van der Waals surface area contributed by atoms with E-state index in [1.165, 1.54) is 5.69 Å². The van der Waals surface area contributed by atoms with Gasteiger partial charge < -0.3 is 10.2 Å². The van der Waals surface area contributed by atoms with Crippen molar-refractivity contribution in [3.63, 3.8) is 0 Å². The number of anilines is 1. The number of nitrogens with one attached hydrogen (secondary N) is 1. The molecule has 0 bridgehead atoms. The lowest BCUT2D eigenvalue weighted by Gasteiger charge is -2.29. The van der Waals surface area contributed by atoms with Crippen LogP contribution in [0.3, 0.4) is 0 Å². The van der Waals surface area contributed by atoms with Gasteiger partial charge in [0.2, 0.25) is 0 Å². The summed E-state index contributed by atoms with van der Waals surface area (Å²) in [5.41, 5.74) is 2.41. The Morgan fingerprint density at radius 2 is 1.95 bits per heavy atom. The Kier molecular flexibility index (Phi) is 3.38. The monoisotopic (exact) mass is 273 g/mol. The van der Waals surface area contributed by atoms with Gasteiger partial charge in [0.25, 0.3) is 0 Å². The second-order valence-corrected chi connectivity index (χ2v) is 6.70. The Hall–Kier alpha value is -1.62. The first-order valence-electron chi connectivity index (χ1n) is 7.32. The highest BCUT2D eigenvalue weighted by Crippen LogP contribution is 2.22. The van der Waals surface area contributed by atoms with Gasteiger partial charge in [-0.25, -0.2) is 0 Å². The number of rotatable bonds is 2. The molecule has 0 amide bonds. The Morgan fingerprint density at radius 1 is 1.20 bits per heavy atom. The fraction of sp³-hybridized carbons (Fsp3) is 0.600. The average Bonchev–Trinajstić information content (AvgIpc) is 2.80. The maximum Gasteiger partial charge on any atom is 0.162 e. The van der Waals surface area contributed by atoms with Crippen molar-refractivity contribution in [3.05, 3.63) is 24.2 Å². The number of hydrogen-bond acceptors (Lipinski definition) is 4. The van der Waals surface area contributed by atoms with Crippen molar-refractivity contribution in [2.24, 2.45) is 5.41 Å². The lowest BCUT2D eigenvalue weighted by Crippen LogP contribution is -2.43. The molecule has 2 aromatic heterocycles. The van der Waals surface area contributed by atoms with Crippen LogP contribution >= 0.6 is 0 Å². The van der Waals surface area contributed by atoms with Crippen LogP contribution in [-0.2, 0) is 6.42 Å². The molecule has 0 unspecified atom stereocenters. The molecule has 0 atom stereocenters. The number of nitrogens with zero attached hydrogens (tertiary/aromatic N) is 4. The van der Waals surface area contributed by atoms with Crippen LogP contribution in [0.1, 0.15) is 26.6 Å². The first-order chi connectivity index (χ1) is 9.53. The Balaban J connectivity index is 1.89. The van der Waals surface area contributed by atoms with Gasteiger partial charge in [0.1, 0.15) is 5.82 Å². The highest BCUT2D eigenvalue weighted by atomic mass is 15.3. The lowest BCUT2D eigenvalue weighted by atomic mass is 9.92. The van der Waals surface area contributed by atoms with E-state index in [4.69, 9.17) is 0 Å². The van der Waals surface area contributed by atoms with Crippen molar-refractivity contribution in [1.29, 1.82) is 0 Å². The molecule has 3 rings (SSSR count). The van der Waals surface area contributed by atoms with Gasteiger partial charge in [-0.3, -0.25) is 4.40 Å². The maximum absolute atomic E-state index is 4.35. The lowest BCUT2D eigenvalue weighted by molar-refractivity contribution is 0.399. The van der Waals surface area contributed by atoms with Gasteiger partial charge in [0.05, 0.1) is 0 Å². The van der Waals surface area contributed by atoms with Crippen molar-refractivity contribution in [1.82, 2.24) is 19.9 Å². The molecule has 108 valence electrons. The van der Waals surface area contributed by atoms with Crippen LogP contribution in [0.5, 0.6) is 0 Å². The average molecular weight is 273 g/mol. The van der Waals surface area contributed by atoms with Gasteiger partial charge in [-0.15, -0.1) is 10.2 Å².